The SMILES string of the molecule is N#Cc1ccc(C(F)(F)F)nc1OC(CCNC(=O)O)c1ccns1. The van der Waals surface area contributed by atoms with Gasteiger partial charge in [0, 0.05) is 19.2 Å². The molecule has 2 heterocycles. The molecule has 2 aromatic rings. The topological polar surface area (TPSA) is 108 Å². The van der Waals surface area contributed by atoms with Crippen molar-refractivity contribution in [2.24, 2.45) is 0 Å². The van der Waals surface area contributed by atoms with Gasteiger partial charge in [0.25, 0.3) is 0 Å². The quantitative estimate of drug-likeness (QED) is 0.806. The molecule has 0 saturated carbocycles. The van der Waals surface area contributed by atoms with Crippen LogP contribution in [0.2, 0.25) is 0 Å². The number of rotatable bonds is 6. The second kappa shape index (κ2) is 7.80. The number of alkyl halides is 3. The van der Waals surface area contributed by atoms with Crippen LogP contribution in [0.1, 0.15) is 28.7 Å². The number of ether oxygens (including phenoxy) is 1. The lowest BCUT2D eigenvalue weighted by Crippen LogP contribution is -2.24. The lowest BCUT2D eigenvalue weighted by Gasteiger charge is -2.18. The number of halogens is 3. The zero-order valence-electron chi connectivity index (χ0n) is 12.4. The standard InChI is InChI=1S/C14H11F3N4O3S/c15-14(16,17)11-2-1-8(7-18)12(21-11)24-9(3-5-19-13(22)23)10-4-6-20-25-10/h1-2,4,6,9,19H,3,5H2,(H,22,23). The van der Waals surface area contributed by atoms with Crippen molar-refractivity contribution in [2.45, 2.75) is 18.7 Å². The Morgan fingerprint density at radius 2 is 2.20 bits per heavy atom. The Labute approximate surface area is 143 Å². The molecule has 11 heteroatoms. The van der Waals surface area contributed by atoms with Crippen LogP contribution in [0.15, 0.2) is 24.4 Å². The average molecular weight is 372 g/mol. The van der Waals surface area contributed by atoms with E-state index in [1.165, 1.54) is 6.20 Å². The first-order valence-corrected chi connectivity index (χ1v) is 7.61. The van der Waals surface area contributed by atoms with Gasteiger partial charge < -0.3 is 15.2 Å². The molecule has 25 heavy (non-hydrogen) atoms. The molecule has 0 spiro atoms. The van der Waals surface area contributed by atoms with Gasteiger partial charge >= 0.3 is 12.3 Å². The largest absolute Gasteiger partial charge is 0.468 e. The molecule has 0 saturated heterocycles. The number of nitrogens with zero attached hydrogens (tertiary/aromatic N) is 3. The predicted molar refractivity (Wildman–Crippen MR) is 80.1 cm³/mol. The van der Waals surface area contributed by atoms with E-state index < -0.39 is 29.9 Å². The van der Waals surface area contributed by atoms with Crippen LogP contribution < -0.4 is 10.1 Å². The molecule has 2 N–H and O–H groups in total. The van der Waals surface area contributed by atoms with Crippen molar-refractivity contribution in [3.63, 3.8) is 0 Å². The lowest BCUT2D eigenvalue weighted by atomic mass is 10.2. The number of amides is 1. The molecule has 132 valence electrons. The number of pyridine rings is 1. The van der Waals surface area contributed by atoms with Gasteiger partial charge in [0.05, 0.1) is 4.88 Å². The van der Waals surface area contributed by atoms with Gasteiger partial charge in [-0.2, -0.15) is 18.4 Å². The molecule has 1 atom stereocenters. The third-order valence-corrected chi connectivity index (χ3v) is 3.82. The molecule has 7 nitrogen and oxygen atoms in total. The summed E-state index contributed by atoms with van der Waals surface area (Å²) in [6.45, 7) is -0.00124. The maximum Gasteiger partial charge on any atom is 0.433 e. The zero-order valence-corrected chi connectivity index (χ0v) is 13.3. The van der Waals surface area contributed by atoms with Crippen molar-refractivity contribution in [3.8, 4) is 11.9 Å². The maximum absolute atomic E-state index is 12.8. The molecule has 2 aromatic heterocycles. The molecule has 0 radical (unpaired) electrons. The van der Waals surface area contributed by atoms with E-state index in [1.807, 2.05) is 0 Å². The first-order valence-electron chi connectivity index (χ1n) is 6.83. The second-order valence-corrected chi connectivity index (χ2v) is 5.57. The van der Waals surface area contributed by atoms with Gasteiger partial charge in [0.1, 0.15) is 23.4 Å². The van der Waals surface area contributed by atoms with Gasteiger partial charge in [0.2, 0.25) is 5.88 Å². The molecule has 0 aliphatic carbocycles. The first-order chi connectivity index (χ1) is 11.8. The molecule has 0 aliphatic rings. The van der Waals surface area contributed by atoms with Crippen molar-refractivity contribution >= 4 is 17.6 Å². The van der Waals surface area contributed by atoms with Gasteiger partial charge in [0.15, 0.2) is 0 Å². The van der Waals surface area contributed by atoms with Crippen LogP contribution in [0.25, 0.3) is 0 Å². The molecule has 0 aliphatic heterocycles. The predicted octanol–water partition coefficient (Wildman–Crippen LogP) is 3.21. The monoisotopic (exact) mass is 372 g/mol. The molecule has 0 fully saturated rings. The van der Waals surface area contributed by atoms with Crippen LogP contribution in [0.4, 0.5) is 18.0 Å². The van der Waals surface area contributed by atoms with Crippen molar-refractivity contribution < 1.29 is 27.8 Å². The Kier molecular flexibility index (Phi) is 5.76. The Morgan fingerprint density at radius 1 is 1.44 bits per heavy atom. The van der Waals surface area contributed by atoms with E-state index in [9.17, 15) is 18.0 Å². The second-order valence-electron chi connectivity index (χ2n) is 4.70. The Hall–Kier alpha value is -2.87. The number of nitriles is 1. The van der Waals surface area contributed by atoms with E-state index in [2.05, 4.69) is 14.7 Å². The van der Waals surface area contributed by atoms with E-state index in [1.54, 1.807) is 12.1 Å². The molecule has 0 bridgehead atoms. The van der Waals surface area contributed by atoms with Crippen LogP contribution in [-0.2, 0) is 6.18 Å². The summed E-state index contributed by atoms with van der Waals surface area (Å²) < 4.78 is 47.9. The molecule has 1 amide bonds. The highest BCUT2D eigenvalue weighted by Gasteiger charge is 2.33. The molecular formula is C14H11F3N4O3S. The summed E-state index contributed by atoms with van der Waals surface area (Å²) in [6.07, 6.45) is -5.12. The summed E-state index contributed by atoms with van der Waals surface area (Å²) in [7, 11) is 0. The number of carboxylic acid groups (broad SMARTS) is 1. The average Bonchev–Trinajstić information content (AvgIpc) is 3.07. The third-order valence-electron chi connectivity index (χ3n) is 2.98. The molecular weight excluding hydrogens is 361 g/mol. The lowest BCUT2D eigenvalue weighted by molar-refractivity contribution is -0.141. The maximum atomic E-state index is 12.8. The summed E-state index contributed by atoms with van der Waals surface area (Å²) >= 11 is 1.05. The first kappa shape index (κ1) is 18.5. The highest BCUT2D eigenvalue weighted by atomic mass is 32.1. The zero-order chi connectivity index (χ0) is 18.4. The van der Waals surface area contributed by atoms with Gasteiger partial charge in [-0.25, -0.2) is 14.2 Å². The molecule has 0 aromatic carbocycles. The van der Waals surface area contributed by atoms with Gasteiger partial charge in [-0.15, -0.1) is 0 Å². The molecule has 1 unspecified atom stereocenters. The number of carbonyl (C=O) groups is 1. The summed E-state index contributed by atoms with van der Waals surface area (Å²) in [5.74, 6) is -0.467. The van der Waals surface area contributed by atoms with Crippen LogP contribution in [-0.4, -0.2) is 27.1 Å². The minimum Gasteiger partial charge on any atom is -0.468 e. The van der Waals surface area contributed by atoms with Crippen molar-refractivity contribution in [1.82, 2.24) is 14.7 Å². The summed E-state index contributed by atoms with van der Waals surface area (Å²) in [5, 5.41) is 19.8. The fraction of sp³-hybridized carbons (Fsp3) is 0.286. The Morgan fingerprint density at radius 3 is 2.76 bits per heavy atom. The minimum atomic E-state index is -4.68. The van der Waals surface area contributed by atoms with Crippen molar-refractivity contribution in [2.75, 3.05) is 6.54 Å². The van der Waals surface area contributed by atoms with Gasteiger partial charge in [-0.3, -0.25) is 0 Å². The van der Waals surface area contributed by atoms with Crippen LogP contribution in [0.5, 0.6) is 5.88 Å². The minimum absolute atomic E-state index is 0.00124. The van der Waals surface area contributed by atoms with E-state index in [0.29, 0.717) is 10.9 Å². The Bertz CT molecular complexity index is 775. The number of hydrogen-bond acceptors (Lipinski definition) is 6. The van der Waals surface area contributed by atoms with Crippen LogP contribution in [0.3, 0.4) is 0 Å². The van der Waals surface area contributed by atoms with Crippen LogP contribution in [0, 0.1) is 11.3 Å². The fourth-order valence-corrected chi connectivity index (χ4v) is 2.52. The number of hydrogen-bond donors (Lipinski definition) is 2. The number of nitrogens with one attached hydrogen (secondary N) is 1. The normalized spacial score (nSPS) is 12.2. The van der Waals surface area contributed by atoms with E-state index in [4.69, 9.17) is 15.1 Å². The highest BCUT2D eigenvalue weighted by Crippen LogP contribution is 2.32. The van der Waals surface area contributed by atoms with Gasteiger partial charge in [-0.05, 0) is 29.7 Å². The van der Waals surface area contributed by atoms with E-state index in [-0.39, 0.29) is 18.5 Å². The number of aromatic nitrogens is 2. The van der Waals surface area contributed by atoms with Crippen molar-refractivity contribution in [1.29, 1.82) is 5.26 Å². The summed E-state index contributed by atoms with van der Waals surface area (Å²) in [6, 6.07) is 4.99. The van der Waals surface area contributed by atoms with Crippen LogP contribution >= 0.6 is 11.5 Å². The summed E-state index contributed by atoms with van der Waals surface area (Å²) in [4.78, 5) is 14.5. The van der Waals surface area contributed by atoms with Crippen molar-refractivity contribution in [3.05, 3.63) is 40.5 Å². The third kappa shape index (κ3) is 5.05. The molecule has 2 rings (SSSR count). The highest BCUT2D eigenvalue weighted by molar-refractivity contribution is 7.05. The Balaban J connectivity index is 2.28. The smallest absolute Gasteiger partial charge is 0.433 e. The summed E-state index contributed by atoms with van der Waals surface area (Å²) in [5.41, 5.74) is -1.35. The van der Waals surface area contributed by atoms with E-state index in [0.717, 1.165) is 17.6 Å². The van der Waals surface area contributed by atoms with E-state index >= 15 is 0 Å². The van der Waals surface area contributed by atoms with Gasteiger partial charge in [-0.1, -0.05) is 0 Å². The fourth-order valence-electron chi connectivity index (χ4n) is 1.87.